The number of aryl methyl sites for hydroxylation is 1. The largest absolute Gasteiger partial charge is 0.465 e. The Labute approximate surface area is 93.9 Å². The fourth-order valence-electron chi connectivity index (χ4n) is 1.37. The second-order valence-corrected chi connectivity index (χ2v) is 4.52. The molecule has 3 nitrogen and oxygen atoms in total. The quantitative estimate of drug-likeness (QED) is 0.774. The lowest BCUT2D eigenvalue weighted by molar-refractivity contribution is 0.193. The first-order chi connectivity index (χ1) is 7.15. The van der Waals surface area contributed by atoms with E-state index >= 15 is 0 Å². The molecular formula is C11H15NO2S. The molecule has 4 heteroatoms. The van der Waals surface area contributed by atoms with Gasteiger partial charge in [0.25, 0.3) is 0 Å². The summed E-state index contributed by atoms with van der Waals surface area (Å²) in [6.45, 7) is 4.00. The molecule has 2 N–H and O–H groups in total. The van der Waals surface area contributed by atoms with Gasteiger partial charge in [0.15, 0.2) is 0 Å². The molecule has 0 saturated heterocycles. The van der Waals surface area contributed by atoms with Crippen LogP contribution < -0.4 is 5.32 Å². The normalized spacial score (nSPS) is 12.1. The second kappa shape index (κ2) is 5.66. The zero-order chi connectivity index (χ0) is 11.3. The third-order valence-electron chi connectivity index (χ3n) is 2.06. The molecule has 0 fully saturated rings. The SMILES string of the molecule is CCSC(NC(=O)O)c1ccccc1C. The van der Waals surface area contributed by atoms with Crippen molar-refractivity contribution < 1.29 is 9.90 Å². The molecule has 1 aromatic rings. The lowest BCUT2D eigenvalue weighted by Gasteiger charge is -2.17. The number of benzene rings is 1. The molecule has 82 valence electrons. The van der Waals surface area contributed by atoms with Crippen LogP contribution in [0.4, 0.5) is 4.79 Å². The first-order valence-corrected chi connectivity index (χ1v) is 5.86. The van der Waals surface area contributed by atoms with Crippen molar-refractivity contribution in [2.45, 2.75) is 19.2 Å². The Kier molecular flexibility index (Phi) is 4.49. The van der Waals surface area contributed by atoms with Gasteiger partial charge in [0, 0.05) is 0 Å². The molecule has 0 aliphatic heterocycles. The summed E-state index contributed by atoms with van der Waals surface area (Å²) >= 11 is 1.58. The van der Waals surface area contributed by atoms with Crippen molar-refractivity contribution in [2.24, 2.45) is 0 Å². The van der Waals surface area contributed by atoms with Crippen LogP contribution in [-0.4, -0.2) is 17.0 Å². The average Bonchev–Trinajstić information content (AvgIpc) is 2.17. The number of hydrogen-bond acceptors (Lipinski definition) is 2. The topological polar surface area (TPSA) is 49.3 Å². The Morgan fingerprint density at radius 2 is 2.20 bits per heavy atom. The molecule has 1 unspecified atom stereocenters. The number of carboxylic acid groups (broad SMARTS) is 1. The van der Waals surface area contributed by atoms with Gasteiger partial charge in [0.2, 0.25) is 0 Å². The van der Waals surface area contributed by atoms with Crippen molar-refractivity contribution in [3.63, 3.8) is 0 Å². The van der Waals surface area contributed by atoms with Crippen molar-refractivity contribution in [1.29, 1.82) is 0 Å². The number of nitrogens with one attached hydrogen (secondary N) is 1. The van der Waals surface area contributed by atoms with Gasteiger partial charge in [-0.25, -0.2) is 4.79 Å². The van der Waals surface area contributed by atoms with Gasteiger partial charge in [-0.15, -0.1) is 11.8 Å². The molecule has 15 heavy (non-hydrogen) atoms. The minimum Gasteiger partial charge on any atom is -0.465 e. The first-order valence-electron chi connectivity index (χ1n) is 4.81. The van der Waals surface area contributed by atoms with E-state index in [-0.39, 0.29) is 5.37 Å². The van der Waals surface area contributed by atoms with Crippen LogP contribution in [0.15, 0.2) is 24.3 Å². The number of thioether (sulfide) groups is 1. The number of carbonyl (C=O) groups is 1. The van der Waals surface area contributed by atoms with E-state index in [0.717, 1.165) is 16.9 Å². The molecule has 0 bridgehead atoms. The van der Waals surface area contributed by atoms with Crippen LogP contribution >= 0.6 is 11.8 Å². The lowest BCUT2D eigenvalue weighted by Crippen LogP contribution is -2.25. The maximum atomic E-state index is 10.6. The number of amides is 1. The van der Waals surface area contributed by atoms with Gasteiger partial charge >= 0.3 is 6.09 Å². The molecule has 0 aliphatic carbocycles. The van der Waals surface area contributed by atoms with Crippen LogP contribution in [0.2, 0.25) is 0 Å². The third-order valence-corrected chi connectivity index (χ3v) is 3.10. The van der Waals surface area contributed by atoms with Crippen molar-refractivity contribution in [3.05, 3.63) is 35.4 Å². The van der Waals surface area contributed by atoms with Crippen molar-refractivity contribution in [3.8, 4) is 0 Å². The Balaban J connectivity index is 2.88. The van der Waals surface area contributed by atoms with E-state index in [0.29, 0.717) is 0 Å². The Morgan fingerprint density at radius 3 is 2.73 bits per heavy atom. The molecule has 1 amide bonds. The maximum absolute atomic E-state index is 10.6. The predicted molar refractivity (Wildman–Crippen MR) is 63.2 cm³/mol. The smallest absolute Gasteiger partial charge is 0.405 e. The third kappa shape index (κ3) is 3.47. The van der Waals surface area contributed by atoms with E-state index in [1.165, 1.54) is 0 Å². The van der Waals surface area contributed by atoms with Gasteiger partial charge in [-0.05, 0) is 23.8 Å². The van der Waals surface area contributed by atoms with Crippen LogP contribution in [0.1, 0.15) is 23.4 Å². The summed E-state index contributed by atoms with van der Waals surface area (Å²) in [6.07, 6.45) is -0.982. The fourth-order valence-corrected chi connectivity index (χ4v) is 2.33. The summed E-state index contributed by atoms with van der Waals surface area (Å²) in [4.78, 5) is 10.6. The van der Waals surface area contributed by atoms with E-state index < -0.39 is 6.09 Å². The molecule has 0 saturated carbocycles. The van der Waals surface area contributed by atoms with Crippen molar-refractivity contribution >= 4 is 17.9 Å². The molecule has 0 radical (unpaired) electrons. The van der Waals surface area contributed by atoms with Crippen LogP contribution in [0.25, 0.3) is 0 Å². The summed E-state index contributed by atoms with van der Waals surface area (Å²) < 4.78 is 0. The highest BCUT2D eigenvalue weighted by Gasteiger charge is 2.14. The lowest BCUT2D eigenvalue weighted by atomic mass is 10.1. The highest BCUT2D eigenvalue weighted by Crippen LogP contribution is 2.27. The van der Waals surface area contributed by atoms with Gasteiger partial charge in [-0.2, -0.15) is 0 Å². The van der Waals surface area contributed by atoms with E-state index in [1.807, 2.05) is 38.1 Å². The maximum Gasteiger partial charge on any atom is 0.405 e. The van der Waals surface area contributed by atoms with E-state index in [2.05, 4.69) is 5.32 Å². The average molecular weight is 225 g/mol. The van der Waals surface area contributed by atoms with Gasteiger partial charge in [0.05, 0.1) is 0 Å². The summed E-state index contributed by atoms with van der Waals surface area (Å²) in [6, 6.07) is 7.82. The van der Waals surface area contributed by atoms with E-state index in [9.17, 15) is 4.79 Å². The number of hydrogen-bond donors (Lipinski definition) is 2. The first kappa shape index (κ1) is 11.9. The van der Waals surface area contributed by atoms with E-state index in [4.69, 9.17) is 5.11 Å². The molecule has 0 aliphatic rings. The predicted octanol–water partition coefficient (Wildman–Crippen LogP) is 3.01. The summed E-state index contributed by atoms with van der Waals surface area (Å²) in [5.74, 6) is 0.874. The second-order valence-electron chi connectivity index (χ2n) is 3.14. The molecular weight excluding hydrogens is 210 g/mol. The van der Waals surface area contributed by atoms with Gasteiger partial charge in [0.1, 0.15) is 5.37 Å². The Morgan fingerprint density at radius 1 is 1.53 bits per heavy atom. The highest BCUT2D eigenvalue weighted by atomic mass is 32.2. The molecule has 1 rings (SSSR count). The molecule has 0 spiro atoms. The molecule has 1 aromatic carbocycles. The molecule has 1 atom stereocenters. The summed E-state index contributed by atoms with van der Waals surface area (Å²) in [5, 5.41) is 11.1. The molecule has 0 aromatic heterocycles. The van der Waals surface area contributed by atoms with Crippen molar-refractivity contribution in [1.82, 2.24) is 5.32 Å². The minimum atomic E-state index is -0.982. The van der Waals surface area contributed by atoms with Gasteiger partial charge < -0.3 is 10.4 Å². The minimum absolute atomic E-state index is 0.173. The Hall–Kier alpha value is -1.16. The van der Waals surface area contributed by atoms with Crippen LogP contribution in [0, 0.1) is 6.92 Å². The zero-order valence-corrected chi connectivity index (χ0v) is 9.67. The van der Waals surface area contributed by atoms with Gasteiger partial charge in [-0.3, -0.25) is 0 Å². The fraction of sp³-hybridized carbons (Fsp3) is 0.364. The Bertz CT molecular complexity index is 341. The summed E-state index contributed by atoms with van der Waals surface area (Å²) in [5.41, 5.74) is 2.14. The van der Waals surface area contributed by atoms with Crippen LogP contribution in [0.5, 0.6) is 0 Å². The highest BCUT2D eigenvalue weighted by molar-refractivity contribution is 7.99. The van der Waals surface area contributed by atoms with Gasteiger partial charge in [-0.1, -0.05) is 31.2 Å². The number of rotatable bonds is 4. The van der Waals surface area contributed by atoms with Crippen molar-refractivity contribution in [2.75, 3.05) is 5.75 Å². The zero-order valence-electron chi connectivity index (χ0n) is 8.86. The summed E-state index contributed by atoms with van der Waals surface area (Å²) in [7, 11) is 0. The monoisotopic (exact) mass is 225 g/mol. The standard InChI is InChI=1S/C11H15NO2S/c1-3-15-10(12-11(13)14)9-7-5-4-6-8(9)2/h4-7,10,12H,3H2,1-2H3,(H,13,14). The van der Waals surface area contributed by atoms with E-state index in [1.54, 1.807) is 11.8 Å². The van der Waals surface area contributed by atoms with Crippen LogP contribution in [-0.2, 0) is 0 Å². The van der Waals surface area contributed by atoms with Crippen LogP contribution in [0.3, 0.4) is 0 Å². The molecule has 0 heterocycles.